The number of anilines is 5. The third-order valence-corrected chi connectivity index (χ3v) is 8.11. The Labute approximate surface area is 240 Å². The van der Waals surface area contributed by atoms with E-state index >= 15 is 0 Å². The summed E-state index contributed by atoms with van der Waals surface area (Å²) in [5, 5.41) is 8.47. The molecular formula is C24H33N11O3S2. The van der Waals surface area contributed by atoms with E-state index in [4.69, 9.17) is 22.0 Å². The highest BCUT2D eigenvalue weighted by Gasteiger charge is 2.26. The van der Waals surface area contributed by atoms with Crippen LogP contribution in [0.15, 0.2) is 33.5 Å². The lowest BCUT2D eigenvalue weighted by molar-refractivity contribution is -0.130. The molecule has 1 saturated heterocycles. The summed E-state index contributed by atoms with van der Waals surface area (Å²) in [5.74, 6) is 7.05. The Bertz CT molecular complexity index is 1360. The number of nitrogens with one attached hydrogen (secondary N) is 2. The highest BCUT2D eigenvalue weighted by atomic mass is 32.2. The van der Waals surface area contributed by atoms with Gasteiger partial charge in [-0.1, -0.05) is 23.1 Å². The number of aromatic nitrogens is 3. The molecule has 14 nitrogen and oxygen atoms in total. The molecule has 0 aliphatic carbocycles. The van der Waals surface area contributed by atoms with Crippen LogP contribution in [0.3, 0.4) is 0 Å². The first kappa shape index (κ1) is 29.1. The Morgan fingerprint density at radius 2 is 1.82 bits per heavy atom. The fourth-order valence-corrected chi connectivity index (χ4v) is 5.86. The van der Waals surface area contributed by atoms with Crippen molar-refractivity contribution in [2.45, 2.75) is 16.0 Å². The van der Waals surface area contributed by atoms with Crippen molar-refractivity contribution in [3.63, 3.8) is 0 Å². The maximum absolute atomic E-state index is 13.4. The van der Waals surface area contributed by atoms with Crippen molar-refractivity contribution in [3.05, 3.63) is 30.0 Å². The standard InChI is InChI=1S/C24H33N11O3S2/c1-14(36)34-6-8-35(9-7-34)22(37)15-10-18(16(25)11-17(15)38-3)39-21-13-29-24(40-21)32-20-12-19(30-23(26)31-20)28-4-5-33(2)27/h10-13H,4-9,25,27H2,1-3H3,(H4,26,28,29,30,31,32). The SMILES string of the molecule is COc1cc(N)c(Sc2cnc(Nc3cc(NCCN(C)N)nc(N)n3)s2)cc1C(=O)N1CCN(C(C)=O)CC1. The molecule has 1 aliphatic rings. The van der Waals surface area contributed by atoms with E-state index in [1.54, 1.807) is 46.3 Å². The molecule has 0 unspecified atom stereocenters. The van der Waals surface area contributed by atoms with Gasteiger partial charge in [0.25, 0.3) is 5.91 Å². The van der Waals surface area contributed by atoms with Gasteiger partial charge in [-0.15, -0.1) is 0 Å². The van der Waals surface area contributed by atoms with Gasteiger partial charge in [-0.3, -0.25) is 15.4 Å². The lowest BCUT2D eigenvalue weighted by Crippen LogP contribution is -2.50. The summed E-state index contributed by atoms with van der Waals surface area (Å²) in [5.41, 5.74) is 13.1. The van der Waals surface area contributed by atoms with Crippen molar-refractivity contribution < 1.29 is 14.3 Å². The number of carbonyl (C=O) groups is 2. The summed E-state index contributed by atoms with van der Waals surface area (Å²) in [6.07, 6.45) is 1.71. The van der Waals surface area contributed by atoms with E-state index in [0.29, 0.717) is 77.9 Å². The number of rotatable bonds is 10. The molecule has 1 aromatic carbocycles. The minimum atomic E-state index is -0.169. The summed E-state index contributed by atoms with van der Waals surface area (Å²) in [6.45, 7) is 4.64. The molecule has 0 saturated carbocycles. The minimum Gasteiger partial charge on any atom is -0.496 e. The van der Waals surface area contributed by atoms with Crippen LogP contribution in [0, 0.1) is 0 Å². The van der Waals surface area contributed by atoms with Gasteiger partial charge in [-0.25, -0.2) is 9.99 Å². The smallest absolute Gasteiger partial charge is 0.257 e. The highest BCUT2D eigenvalue weighted by Crippen LogP contribution is 2.40. The molecular weight excluding hydrogens is 554 g/mol. The van der Waals surface area contributed by atoms with Crippen molar-refractivity contribution in [1.29, 1.82) is 0 Å². The molecule has 0 atom stereocenters. The van der Waals surface area contributed by atoms with Gasteiger partial charge < -0.3 is 36.6 Å². The number of hydrazine groups is 1. The quantitative estimate of drug-likeness (QED) is 0.130. The van der Waals surface area contributed by atoms with Crippen molar-refractivity contribution >= 4 is 63.3 Å². The Hall–Kier alpha value is -3.86. The topological polar surface area (TPSA) is 194 Å². The van der Waals surface area contributed by atoms with Gasteiger partial charge in [0, 0.05) is 76.0 Å². The van der Waals surface area contributed by atoms with Crippen LogP contribution in [0.25, 0.3) is 0 Å². The average molecular weight is 588 g/mol. The number of thiazole rings is 1. The monoisotopic (exact) mass is 587 g/mol. The van der Waals surface area contributed by atoms with E-state index in [1.807, 2.05) is 0 Å². The zero-order valence-electron chi connectivity index (χ0n) is 22.5. The molecule has 1 aliphatic heterocycles. The van der Waals surface area contributed by atoms with Crippen LogP contribution in [0.1, 0.15) is 17.3 Å². The number of methoxy groups -OCH3 is 1. The molecule has 3 heterocycles. The van der Waals surface area contributed by atoms with E-state index in [9.17, 15) is 9.59 Å². The molecule has 8 N–H and O–H groups in total. The second-order valence-corrected chi connectivity index (χ2v) is 11.4. The van der Waals surface area contributed by atoms with Crippen LogP contribution in [0.5, 0.6) is 5.75 Å². The van der Waals surface area contributed by atoms with Crippen LogP contribution < -0.4 is 32.7 Å². The molecule has 0 bridgehead atoms. The maximum Gasteiger partial charge on any atom is 0.257 e. The molecule has 0 spiro atoms. The van der Waals surface area contributed by atoms with Gasteiger partial charge >= 0.3 is 0 Å². The van der Waals surface area contributed by atoms with Gasteiger partial charge in [-0.05, 0) is 6.07 Å². The van der Waals surface area contributed by atoms with E-state index in [-0.39, 0.29) is 17.8 Å². The van der Waals surface area contributed by atoms with E-state index in [0.717, 1.165) is 4.21 Å². The number of piperazine rings is 1. The van der Waals surface area contributed by atoms with Gasteiger partial charge in [0.1, 0.15) is 17.4 Å². The normalized spacial score (nSPS) is 13.4. The van der Waals surface area contributed by atoms with Crippen LogP contribution in [-0.2, 0) is 4.79 Å². The average Bonchev–Trinajstić information content (AvgIpc) is 3.35. The van der Waals surface area contributed by atoms with Gasteiger partial charge in [0.05, 0.1) is 23.1 Å². The number of hydrogen-bond donors (Lipinski definition) is 5. The number of nitrogens with zero attached hydrogens (tertiary/aromatic N) is 6. The third-order valence-electron chi connectivity index (χ3n) is 6.02. The predicted octanol–water partition coefficient (Wildman–Crippen LogP) is 1.52. The molecule has 16 heteroatoms. The minimum absolute atomic E-state index is 0.00472. The molecule has 2 amide bonds. The van der Waals surface area contributed by atoms with E-state index < -0.39 is 0 Å². The number of likely N-dealkylation sites (N-methyl/N-ethyl adjacent to an activating group) is 1. The van der Waals surface area contributed by atoms with Crippen LogP contribution in [0.4, 0.5) is 28.4 Å². The zero-order valence-corrected chi connectivity index (χ0v) is 24.1. The number of nitrogen functional groups attached to an aromatic ring is 2. The van der Waals surface area contributed by atoms with E-state index in [2.05, 4.69) is 25.6 Å². The van der Waals surface area contributed by atoms with Crippen molar-refractivity contribution in [2.75, 3.05) is 75.5 Å². The molecule has 4 rings (SSSR count). The first-order valence-electron chi connectivity index (χ1n) is 12.4. The van der Waals surface area contributed by atoms with Crippen molar-refractivity contribution in [3.8, 4) is 5.75 Å². The van der Waals surface area contributed by atoms with Crippen molar-refractivity contribution in [1.82, 2.24) is 29.8 Å². The number of carbonyl (C=O) groups excluding carboxylic acids is 2. The van der Waals surface area contributed by atoms with Crippen LogP contribution in [-0.4, -0.2) is 95.0 Å². The van der Waals surface area contributed by atoms with Gasteiger partial charge in [0.2, 0.25) is 11.9 Å². The number of nitrogens with two attached hydrogens (primary N) is 3. The van der Waals surface area contributed by atoms with Crippen LogP contribution in [0.2, 0.25) is 0 Å². The summed E-state index contributed by atoms with van der Waals surface area (Å²) < 4.78 is 6.32. The largest absolute Gasteiger partial charge is 0.496 e. The summed E-state index contributed by atoms with van der Waals surface area (Å²) in [6, 6.07) is 5.13. The third kappa shape index (κ3) is 7.41. The fraction of sp³-hybridized carbons (Fsp3) is 0.375. The molecule has 2 aromatic heterocycles. The van der Waals surface area contributed by atoms with Gasteiger partial charge in [0.15, 0.2) is 5.13 Å². The first-order chi connectivity index (χ1) is 19.1. The van der Waals surface area contributed by atoms with Gasteiger partial charge in [-0.2, -0.15) is 9.97 Å². The summed E-state index contributed by atoms with van der Waals surface area (Å²) in [4.78, 5) is 42.0. The van der Waals surface area contributed by atoms with Crippen molar-refractivity contribution in [2.24, 2.45) is 5.84 Å². The Morgan fingerprint density at radius 3 is 2.50 bits per heavy atom. The fourth-order valence-electron chi connectivity index (χ4n) is 3.96. The highest BCUT2D eigenvalue weighted by molar-refractivity contribution is 8.01. The Morgan fingerprint density at radius 1 is 1.12 bits per heavy atom. The molecule has 0 radical (unpaired) electrons. The lowest BCUT2D eigenvalue weighted by atomic mass is 10.1. The maximum atomic E-state index is 13.4. The first-order valence-corrected chi connectivity index (χ1v) is 14.0. The zero-order chi connectivity index (χ0) is 28.8. The Balaban J connectivity index is 1.46. The number of amides is 2. The van der Waals surface area contributed by atoms with E-state index in [1.165, 1.54) is 37.1 Å². The molecule has 3 aromatic rings. The molecule has 1 fully saturated rings. The lowest BCUT2D eigenvalue weighted by Gasteiger charge is -2.34. The number of benzene rings is 1. The summed E-state index contributed by atoms with van der Waals surface area (Å²) >= 11 is 2.79. The molecule has 40 heavy (non-hydrogen) atoms. The predicted molar refractivity (Wildman–Crippen MR) is 157 cm³/mol. The number of hydrogen-bond acceptors (Lipinski definition) is 14. The summed E-state index contributed by atoms with van der Waals surface area (Å²) in [7, 11) is 3.28. The van der Waals surface area contributed by atoms with Crippen LogP contribution >= 0.6 is 23.1 Å². The second kappa shape index (κ2) is 13.0. The Kier molecular flexibility index (Phi) is 9.46. The second-order valence-electron chi connectivity index (χ2n) is 9.00. The number of ether oxygens (including phenoxy) is 1. The molecule has 214 valence electrons.